The predicted molar refractivity (Wildman–Crippen MR) is 139 cm³/mol. The second-order valence-corrected chi connectivity index (χ2v) is 8.75. The Labute approximate surface area is 213 Å². The number of carbonyl (C=O) groups is 2. The van der Waals surface area contributed by atoms with Crippen LogP contribution in [0.15, 0.2) is 75.7 Å². The SMILES string of the molecule is COc1cc2c(cc1NC(=O)[C@H](C)OC(=O)CCc1ncc(-c3ccc(C)cc3)o1)oc1ccccc12. The number of nitrogens with one attached hydrogen (secondary N) is 1. The van der Waals surface area contributed by atoms with Gasteiger partial charge in [0.2, 0.25) is 0 Å². The number of fused-ring (bicyclic) bond motifs is 3. The number of methoxy groups -OCH3 is 1. The van der Waals surface area contributed by atoms with Crippen LogP contribution < -0.4 is 10.1 Å². The summed E-state index contributed by atoms with van der Waals surface area (Å²) in [7, 11) is 1.52. The van der Waals surface area contributed by atoms with Gasteiger partial charge in [-0.2, -0.15) is 0 Å². The van der Waals surface area contributed by atoms with E-state index in [4.69, 9.17) is 18.3 Å². The van der Waals surface area contributed by atoms with Crippen molar-refractivity contribution in [2.24, 2.45) is 0 Å². The van der Waals surface area contributed by atoms with E-state index < -0.39 is 18.0 Å². The highest BCUT2D eigenvalue weighted by Crippen LogP contribution is 2.36. The Bertz CT molecular complexity index is 1580. The van der Waals surface area contributed by atoms with Crippen LogP contribution in [0.4, 0.5) is 5.69 Å². The smallest absolute Gasteiger partial charge is 0.307 e. The molecule has 0 bridgehead atoms. The summed E-state index contributed by atoms with van der Waals surface area (Å²) >= 11 is 0. The Kier molecular flexibility index (Phi) is 6.64. The molecule has 1 N–H and O–H groups in total. The van der Waals surface area contributed by atoms with Crippen molar-refractivity contribution in [2.75, 3.05) is 12.4 Å². The second-order valence-electron chi connectivity index (χ2n) is 8.75. The van der Waals surface area contributed by atoms with Crippen molar-refractivity contribution in [2.45, 2.75) is 32.8 Å². The van der Waals surface area contributed by atoms with Gasteiger partial charge >= 0.3 is 5.97 Å². The molecule has 1 amide bonds. The maximum Gasteiger partial charge on any atom is 0.307 e. The maximum atomic E-state index is 12.8. The van der Waals surface area contributed by atoms with Crippen molar-refractivity contribution in [1.82, 2.24) is 4.98 Å². The van der Waals surface area contributed by atoms with Crippen molar-refractivity contribution < 1.29 is 27.9 Å². The average molecular weight is 499 g/mol. The topological polar surface area (TPSA) is 104 Å². The van der Waals surface area contributed by atoms with E-state index in [1.165, 1.54) is 14.0 Å². The number of hydrogen-bond acceptors (Lipinski definition) is 7. The number of esters is 1. The van der Waals surface area contributed by atoms with Gasteiger partial charge in [0.05, 0.1) is 25.4 Å². The third-order valence-corrected chi connectivity index (χ3v) is 6.07. The van der Waals surface area contributed by atoms with Crippen molar-refractivity contribution >= 4 is 39.5 Å². The molecule has 0 unspecified atom stereocenters. The first-order valence-corrected chi connectivity index (χ1v) is 11.9. The molecule has 2 aromatic heterocycles. The molecule has 0 fully saturated rings. The van der Waals surface area contributed by atoms with Crippen LogP contribution in [0.5, 0.6) is 5.75 Å². The summed E-state index contributed by atoms with van der Waals surface area (Å²) in [5, 5.41) is 4.60. The fraction of sp³-hybridized carbons (Fsp3) is 0.207. The zero-order chi connectivity index (χ0) is 25.9. The van der Waals surface area contributed by atoms with Crippen molar-refractivity contribution in [3.63, 3.8) is 0 Å². The zero-order valence-corrected chi connectivity index (χ0v) is 20.7. The average Bonchev–Trinajstić information content (AvgIpc) is 3.51. The number of aryl methyl sites for hydroxylation is 2. The molecule has 37 heavy (non-hydrogen) atoms. The number of aromatic nitrogens is 1. The van der Waals surface area contributed by atoms with Crippen LogP contribution in [-0.2, 0) is 20.7 Å². The second kappa shape index (κ2) is 10.2. The number of amides is 1. The summed E-state index contributed by atoms with van der Waals surface area (Å²) in [6.45, 7) is 3.53. The van der Waals surface area contributed by atoms with Gasteiger partial charge in [0, 0.05) is 28.8 Å². The van der Waals surface area contributed by atoms with E-state index in [0.717, 1.165) is 27.5 Å². The van der Waals surface area contributed by atoms with Crippen LogP contribution in [0.1, 0.15) is 24.8 Å². The van der Waals surface area contributed by atoms with Gasteiger partial charge in [-0.05, 0) is 26.0 Å². The standard InChI is InChI=1S/C29H26N2O6/c1-17-8-10-19(11-9-17)26-16-30-27(37-26)12-13-28(32)35-18(2)29(33)31-22-15-24-21(14-25(22)34-3)20-6-4-5-7-23(20)36-24/h4-11,14-16,18H,12-13H2,1-3H3,(H,31,33)/t18-/m0/s1. The number of benzene rings is 3. The van der Waals surface area contributed by atoms with Crippen LogP contribution >= 0.6 is 0 Å². The fourth-order valence-corrected chi connectivity index (χ4v) is 4.05. The van der Waals surface area contributed by atoms with E-state index >= 15 is 0 Å². The minimum absolute atomic E-state index is 0.0275. The molecule has 0 aliphatic carbocycles. The monoisotopic (exact) mass is 498 g/mol. The first-order valence-electron chi connectivity index (χ1n) is 11.9. The summed E-state index contributed by atoms with van der Waals surface area (Å²) in [5.41, 5.74) is 3.83. The van der Waals surface area contributed by atoms with E-state index in [0.29, 0.717) is 28.7 Å². The van der Waals surface area contributed by atoms with Crippen LogP contribution in [-0.4, -0.2) is 30.1 Å². The normalized spacial score (nSPS) is 12.0. The largest absolute Gasteiger partial charge is 0.495 e. The Morgan fingerprint density at radius 1 is 1.00 bits per heavy atom. The van der Waals surface area contributed by atoms with E-state index in [2.05, 4.69) is 10.3 Å². The molecule has 3 aromatic carbocycles. The molecule has 2 heterocycles. The zero-order valence-electron chi connectivity index (χ0n) is 20.7. The Balaban J connectivity index is 1.19. The minimum atomic E-state index is -1.02. The summed E-state index contributed by atoms with van der Waals surface area (Å²) in [4.78, 5) is 29.4. The van der Waals surface area contributed by atoms with Gasteiger partial charge in [0.15, 0.2) is 17.8 Å². The summed E-state index contributed by atoms with van der Waals surface area (Å²) in [5.74, 6) is 0.511. The predicted octanol–water partition coefficient (Wildman–Crippen LogP) is 6.06. The summed E-state index contributed by atoms with van der Waals surface area (Å²) in [6.07, 6.45) is 0.902. The first-order chi connectivity index (χ1) is 17.9. The number of carbonyl (C=O) groups excluding carboxylic acids is 2. The lowest BCUT2D eigenvalue weighted by Crippen LogP contribution is -2.30. The van der Waals surface area contributed by atoms with Gasteiger partial charge in [-0.1, -0.05) is 48.0 Å². The van der Waals surface area contributed by atoms with Crippen LogP contribution in [0.3, 0.4) is 0 Å². The van der Waals surface area contributed by atoms with E-state index in [1.54, 1.807) is 12.3 Å². The lowest BCUT2D eigenvalue weighted by Gasteiger charge is -2.15. The number of furan rings is 1. The number of oxazole rings is 1. The fourth-order valence-electron chi connectivity index (χ4n) is 4.05. The quantitative estimate of drug-likeness (QED) is 0.259. The first kappa shape index (κ1) is 24.1. The highest BCUT2D eigenvalue weighted by atomic mass is 16.5. The van der Waals surface area contributed by atoms with Gasteiger partial charge in [-0.15, -0.1) is 0 Å². The molecule has 5 aromatic rings. The van der Waals surface area contributed by atoms with E-state index in [-0.39, 0.29) is 12.8 Å². The van der Waals surface area contributed by atoms with Gasteiger partial charge in [-0.3, -0.25) is 9.59 Å². The van der Waals surface area contributed by atoms with Gasteiger partial charge in [0.1, 0.15) is 16.9 Å². The molecule has 0 aliphatic rings. The molecule has 8 nitrogen and oxygen atoms in total. The van der Waals surface area contributed by atoms with Gasteiger partial charge < -0.3 is 23.6 Å². The van der Waals surface area contributed by atoms with Crippen LogP contribution in [0, 0.1) is 6.92 Å². The molecule has 0 spiro atoms. The Hall–Kier alpha value is -4.59. The molecular formula is C29H26N2O6. The molecule has 0 saturated heterocycles. The number of ether oxygens (including phenoxy) is 2. The molecule has 0 aliphatic heterocycles. The van der Waals surface area contributed by atoms with Gasteiger partial charge in [0.25, 0.3) is 5.91 Å². The summed E-state index contributed by atoms with van der Waals surface area (Å²) < 4.78 is 22.5. The number of anilines is 1. The highest BCUT2D eigenvalue weighted by Gasteiger charge is 2.21. The lowest BCUT2D eigenvalue weighted by molar-refractivity contribution is -0.153. The van der Waals surface area contributed by atoms with Crippen LogP contribution in [0.2, 0.25) is 0 Å². The van der Waals surface area contributed by atoms with E-state index in [9.17, 15) is 9.59 Å². The number of hydrogen-bond donors (Lipinski definition) is 1. The Morgan fingerprint density at radius 2 is 1.78 bits per heavy atom. The summed E-state index contributed by atoms with van der Waals surface area (Å²) in [6, 6.07) is 19.1. The van der Waals surface area contributed by atoms with Crippen LogP contribution in [0.25, 0.3) is 33.3 Å². The molecule has 0 radical (unpaired) electrons. The van der Waals surface area contributed by atoms with E-state index in [1.807, 2.05) is 61.5 Å². The Morgan fingerprint density at radius 3 is 2.57 bits per heavy atom. The lowest BCUT2D eigenvalue weighted by atomic mass is 10.1. The highest BCUT2D eigenvalue weighted by molar-refractivity contribution is 6.08. The molecule has 188 valence electrons. The number of rotatable bonds is 8. The molecule has 5 rings (SSSR count). The molecular weight excluding hydrogens is 472 g/mol. The minimum Gasteiger partial charge on any atom is -0.495 e. The van der Waals surface area contributed by atoms with Crippen molar-refractivity contribution in [1.29, 1.82) is 0 Å². The third-order valence-electron chi connectivity index (χ3n) is 6.07. The van der Waals surface area contributed by atoms with Crippen molar-refractivity contribution in [3.05, 3.63) is 78.3 Å². The number of para-hydroxylation sites is 1. The van der Waals surface area contributed by atoms with Crippen molar-refractivity contribution in [3.8, 4) is 17.1 Å². The third kappa shape index (κ3) is 5.18. The molecule has 8 heteroatoms. The molecule has 1 atom stereocenters. The maximum absolute atomic E-state index is 12.8. The molecule has 0 saturated carbocycles. The van der Waals surface area contributed by atoms with Gasteiger partial charge in [-0.25, -0.2) is 4.98 Å². The number of nitrogens with zero attached hydrogens (tertiary/aromatic N) is 1.